The van der Waals surface area contributed by atoms with Crippen molar-refractivity contribution in [3.63, 3.8) is 0 Å². The van der Waals surface area contributed by atoms with Crippen LogP contribution in [0.4, 0.5) is 13.6 Å². The second-order valence-corrected chi connectivity index (χ2v) is 6.05. The van der Waals surface area contributed by atoms with Gasteiger partial charge >= 0.3 is 18.6 Å². The predicted octanol–water partition coefficient (Wildman–Crippen LogP) is 2.61. The first-order valence-corrected chi connectivity index (χ1v) is 8.88. The number of nitrogens with one attached hydrogen (secondary N) is 2. The molecule has 10 heteroatoms. The first-order chi connectivity index (χ1) is 13.4. The number of rotatable bonds is 8. The third-order valence-electron chi connectivity index (χ3n) is 3.97. The number of carbonyl (C=O) groups excluding carboxylic acids is 3. The number of imide groups is 1. The zero-order valence-corrected chi connectivity index (χ0v) is 15.3. The highest BCUT2D eigenvalue weighted by Gasteiger charge is 2.19. The van der Waals surface area contributed by atoms with Crippen molar-refractivity contribution in [2.75, 3.05) is 13.2 Å². The molecule has 0 aliphatic heterocycles. The molecular weight excluding hydrogens is 378 g/mol. The summed E-state index contributed by atoms with van der Waals surface area (Å²) < 4.78 is 39.1. The zero-order valence-electron chi connectivity index (χ0n) is 15.3. The second kappa shape index (κ2) is 10.4. The SMILES string of the molecule is CCOc1cc(C(=O)OCC(=O)NC(=O)NC2CCCC2)ccc1OC(F)F. The molecule has 0 radical (unpaired) electrons. The monoisotopic (exact) mass is 400 g/mol. The van der Waals surface area contributed by atoms with Crippen LogP contribution in [0.5, 0.6) is 11.5 Å². The number of esters is 1. The lowest BCUT2D eigenvalue weighted by Crippen LogP contribution is -2.44. The summed E-state index contributed by atoms with van der Waals surface area (Å²) in [5.74, 6) is -1.95. The molecule has 2 N–H and O–H groups in total. The summed E-state index contributed by atoms with van der Waals surface area (Å²) in [6.45, 7) is -1.92. The highest BCUT2D eigenvalue weighted by atomic mass is 19.3. The lowest BCUT2D eigenvalue weighted by atomic mass is 10.2. The Morgan fingerprint density at radius 1 is 1.18 bits per heavy atom. The molecule has 0 saturated heterocycles. The number of alkyl halides is 2. The first-order valence-electron chi connectivity index (χ1n) is 8.88. The Balaban J connectivity index is 1.86. The first kappa shape index (κ1) is 21.4. The molecule has 1 aromatic carbocycles. The maximum absolute atomic E-state index is 12.4. The molecule has 2 rings (SSSR count). The van der Waals surface area contributed by atoms with E-state index in [9.17, 15) is 23.2 Å². The minimum absolute atomic E-state index is 0.0201. The van der Waals surface area contributed by atoms with Crippen LogP contribution in [0.2, 0.25) is 0 Å². The van der Waals surface area contributed by atoms with Gasteiger partial charge in [-0.2, -0.15) is 8.78 Å². The van der Waals surface area contributed by atoms with Crippen molar-refractivity contribution in [2.24, 2.45) is 0 Å². The Morgan fingerprint density at radius 3 is 2.54 bits per heavy atom. The molecule has 0 bridgehead atoms. The lowest BCUT2D eigenvalue weighted by Gasteiger charge is -2.13. The van der Waals surface area contributed by atoms with Crippen molar-refractivity contribution < 1.29 is 37.4 Å². The number of ether oxygens (including phenoxy) is 3. The molecule has 8 nitrogen and oxygen atoms in total. The van der Waals surface area contributed by atoms with E-state index in [-0.39, 0.29) is 29.7 Å². The third-order valence-corrected chi connectivity index (χ3v) is 3.97. The number of urea groups is 1. The lowest BCUT2D eigenvalue weighted by molar-refractivity contribution is -0.123. The standard InChI is InChI=1S/C18H22F2N2O6/c1-2-26-14-9-11(7-8-13(14)28-17(19)20)16(24)27-10-15(23)22-18(25)21-12-5-3-4-6-12/h7-9,12,17H,2-6,10H2,1H3,(H2,21,22,23,25). The van der Waals surface area contributed by atoms with E-state index in [1.165, 1.54) is 12.1 Å². The molecule has 0 spiro atoms. The molecule has 0 heterocycles. The minimum atomic E-state index is -3.05. The largest absolute Gasteiger partial charge is 0.490 e. The number of amides is 3. The van der Waals surface area contributed by atoms with E-state index in [1.54, 1.807) is 6.92 Å². The number of benzene rings is 1. The van der Waals surface area contributed by atoms with Gasteiger partial charge < -0.3 is 19.5 Å². The van der Waals surface area contributed by atoms with Crippen LogP contribution in [0.15, 0.2) is 18.2 Å². The van der Waals surface area contributed by atoms with E-state index < -0.39 is 31.1 Å². The average molecular weight is 400 g/mol. The summed E-state index contributed by atoms with van der Waals surface area (Å²) in [5, 5.41) is 4.75. The van der Waals surface area contributed by atoms with Crippen LogP contribution >= 0.6 is 0 Å². The van der Waals surface area contributed by atoms with Gasteiger partial charge in [-0.15, -0.1) is 0 Å². The van der Waals surface area contributed by atoms with Gasteiger partial charge in [0.25, 0.3) is 5.91 Å². The van der Waals surface area contributed by atoms with Crippen LogP contribution in [0.25, 0.3) is 0 Å². The predicted molar refractivity (Wildman–Crippen MR) is 93.5 cm³/mol. The van der Waals surface area contributed by atoms with E-state index in [0.29, 0.717) is 0 Å². The van der Waals surface area contributed by atoms with Crippen molar-refractivity contribution in [3.05, 3.63) is 23.8 Å². The van der Waals surface area contributed by atoms with Crippen LogP contribution in [-0.2, 0) is 9.53 Å². The summed E-state index contributed by atoms with van der Waals surface area (Å²) in [6, 6.07) is 2.92. The normalized spacial score (nSPS) is 13.9. The summed E-state index contributed by atoms with van der Waals surface area (Å²) in [6.07, 6.45) is 3.79. The zero-order chi connectivity index (χ0) is 20.5. The fourth-order valence-electron chi connectivity index (χ4n) is 2.77. The van der Waals surface area contributed by atoms with Crippen molar-refractivity contribution in [3.8, 4) is 11.5 Å². The Hall–Kier alpha value is -2.91. The van der Waals surface area contributed by atoms with Gasteiger partial charge in [-0.1, -0.05) is 12.8 Å². The van der Waals surface area contributed by atoms with E-state index in [4.69, 9.17) is 9.47 Å². The second-order valence-electron chi connectivity index (χ2n) is 6.05. The number of hydrogen-bond acceptors (Lipinski definition) is 6. The molecule has 1 aliphatic rings. The molecule has 0 unspecified atom stereocenters. The molecule has 3 amide bonds. The molecule has 0 aromatic heterocycles. The molecule has 154 valence electrons. The van der Waals surface area contributed by atoms with E-state index in [1.807, 2.05) is 0 Å². The van der Waals surface area contributed by atoms with Crippen LogP contribution in [0.1, 0.15) is 43.0 Å². The van der Waals surface area contributed by atoms with Gasteiger partial charge in [0.15, 0.2) is 18.1 Å². The van der Waals surface area contributed by atoms with Gasteiger partial charge in [0.05, 0.1) is 12.2 Å². The van der Waals surface area contributed by atoms with Gasteiger partial charge in [0.2, 0.25) is 0 Å². The highest BCUT2D eigenvalue weighted by Crippen LogP contribution is 2.30. The summed E-state index contributed by atoms with van der Waals surface area (Å²) in [5.41, 5.74) is -0.0201. The smallest absolute Gasteiger partial charge is 0.387 e. The van der Waals surface area contributed by atoms with Crippen molar-refractivity contribution in [1.82, 2.24) is 10.6 Å². The molecule has 1 aromatic rings. The fourth-order valence-corrected chi connectivity index (χ4v) is 2.77. The van der Waals surface area contributed by atoms with Crippen LogP contribution in [-0.4, -0.2) is 43.8 Å². The van der Waals surface area contributed by atoms with Crippen molar-refractivity contribution in [2.45, 2.75) is 45.3 Å². The molecule has 1 saturated carbocycles. The Labute approximate surface area is 160 Å². The van der Waals surface area contributed by atoms with Crippen LogP contribution in [0, 0.1) is 0 Å². The maximum atomic E-state index is 12.4. The fraction of sp³-hybridized carbons (Fsp3) is 0.500. The topological polar surface area (TPSA) is 103 Å². The number of halogens is 2. The van der Waals surface area contributed by atoms with Gasteiger partial charge in [-0.25, -0.2) is 9.59 Å². The van der Waals surface area contributed by atoms with Gasteiger partial charge in [-0.3, -0.25) is 10.1 Å². The summed E-state index contributed by atoms with van der Waals surface area (Å²) in [4.78, 5) is 35.5. The van der Waals surface area contributed by atoms with Crippen molar-refractivity contribution in [1.29, 1.82) is 0 Å². The quantitative estimate of drug-likeness (QED) is 0.651. The Bertz CT molecular complexity index is 707. The van der Waals surface area contributed by atoms with E-state index in [2.05, 4.69) is 15.4 Å². The molecule has 1 fully saturated rings. The molecular formula is C18H22F2N2O6. The molecule has 0 atom stereocenters. The Morgan fingerprint density at radius 2 is 1.89 bits per heavy atom. The van der Waals surface area contributed by atoms with Gasteiger partial charge in [0, 0.05) is 6.04 Å². The molecule has 1 aliphatic carbocycles. The average Bonchev–Trinajstić information content (AvgIpc) is 3.13. The number of carbonyl (C=O) groups is 3. The van der Waals surface area contributed by atoms with E-state index in [0.717, 1.165) is 31.7 Å². The summed E-state index contributed by atoms with van der Waals surface area (Å²) >= 11 is 0. The molecule has 28 heavy (non-hydrogen) atoms. The minimum Gasteiger partial charge on any atom is -0.490 e. The van der Waals surface area contributed by atoms with Crippen LogP contribution in [0.3, 0.4) is 0 Å². The third kappa shape index (κ3) is 6.67. The van der Waals surface area contributed by atoms with E-state index >= 15 is 0 Å². The van der Waals surface area contributed by atoms with Gasteiger partial charge in [0.1, 0.15) is 0 Å². The number of hydrogen-bond donors (Lipinski definition) is 2. The highest BCUT2D eigenvalue weighted by molar-refractivity contribution is 5.97. The van der Waals surface area contributed by atoms with Crippen molar-refractivity contribution >= 4 is 17.9 Å². The van der Waals surface area contributed by atoms with Crippen LogP contribution < -0.4 is 20.1 Å². The maximum Gasteiger partial charge on any atom is 0.387 e. The van der Waals surface area contributed by atoms with Gasteiger partial charge in [-0.05, 0) is 38.0 Å². The summed E-state index contributed by atoms with van der Waals surface area (Å²) in [7, 11) is 0. The Kier molecular flexibility index (Phi) is 7.97.